The van der Waals surface area contributed by atoms with Crippen LogP contribution in [0.3, 0.4) is 0 Å². The molecule has 1 fully saturated rings. The van der Waals surface area contributed by atoms with Crippen molar-refractivity contribution >= 4 is 51.9 Å². The molecule has 10 heteroatoms. The van der Waals surface area contributed by atoms with Gasteiger partial charge in [0.1, 0.15) is 5.52 Å². The summed E-state index contributed by atoms with van der Waals surface area (Å²) in [6.07, 6.45) is 8.21. The lowest BCUT2D eigenvalue weighted by molar-refractivity contribution is -0.113. The molecule has 0 unspecified atom stereocenters. The Labute approximate surface area is 260 Å². The molecule has 4 aromatic rings. The second kappa shape index (κ2) is 12.6. The molecule has 224 valence electrons. The van der Waals surface area contributed by atoms with Crippen LogP contribution in [0.4, 0.5) is 17.2 Å². The third-order valence-electron chi connectivity index (χ3n) is 7.99. The molecule has 2 aliphatic heterocycles. The van der Waals surface area contributed by atoms with Gasteiger partial charge in [0, 0.05) is 79.6 Å². The van der Waals surface area contributed by atoms with Gasteiger partial charge in [0.05, 0.1) is 16.8 Å². The molecular weight excluding hydrogens is 576 g/mol. The van der Waals surface area contributed by atoms with Crippen molar-refractivity contribution in [3.8, 4) is 11.1 Å². The van der Waals surface area contributed by atoms with Crippen molar-refractivity contribution < 1.29 is 14.7 Å². The molecule has 6 rings (SSSR count). The van der Waals surface area contributed by atoms with Gasteiger partial charge >= 0.3 is 0 Å². The van der Waals surface area contributed by atoms with E-state index in [1.165, 1.54) is 0 Å². The van der Waals surface area contributed by atoms with Gasteiger partial charge in [-0.1, -0.05) is 35.9 Å². The predicted octanol–water partition coefficient (Wildman–Crippen LogP) is 5.46. The van der Waals surface area contributed by atoms with Crippen molar-refractivity contribution in [2.75, 3.05) is 37.3 Å². The number of pyridine rings is 2. The van der Waals surface area contributed by atoms with E-state index in [-0.39, 0.29) is 12.0 Å². The number of carbonyl (C=O) groups is 2. The number of hydrogen-bond acceptors (Lipinski definition) is 8. The number of aromatic nitrogens is 2. The quantitative estimate of drug-likeness (QED) is 0.226. The predicted molar refractivity (Wildman–Crippen MR) is 174 cm³/mol. The first-order valence-corrected chi connectivity index (χ1v) is 14.9. The summed E-state index contributed by atoms with van der Waals surface area (Å²) in [4.78, 5) is 37.7. The SMILES string of the molecule is Cc1c(Nc2nccc3cc(CN4CC[C@@H](O)C4)cnc23)cccc1-c1cccc(NC(=O)C2=CC(C=O)=CN(C)C2)c1Cl. The van der Waals surface area contributed by atoms with E-state index in [1.807, 2.05) is 56.6 Å². The normalized spacial score (nSPS) is 16.9. The number of amides is 1. The minimum Gasteiger partial charge on any atom is -0.392 e. The van der Waals surface area contributed by atoms with Gasteiger partial charge in [0.2, 0.25) is 0 Å². The summed E-state index contributed by atoms with van der Waals surface area (Å²) in [5, 5.41) is 17.7. The van der Waals surface area contributed by atoms with Crippen LogP contribution in [0.1, 0.15) is 17.5 Å². The van der Waals surface area contributed by atoms with Crippen LogP contribution >= 0.6 is 11.6 Å². The van der Waals surface area contributed by atoms with Gasteiger partial charge in [-0.25, -0.2) is 4.98 Å². The van der Waals surface area contributed by atoms with Gasteiger partial charge in [-0.15, -0.1) is 0 Å². The highest BCUT2D eigenvalue weighted by Crippen LogP contribution is 2.38. The largest absolute Gasteiger partial charge is 0.392 e. The molecule has 4 heterocycles. The van der Waals surface area contributed by atoms with Gasteiger partial charge in [0.25, 0.3) is 5.91 Å². The maximum absolute atomic E-state index is 13.1. The molecule has 0 spiro atoms. The molecule has 3 N–H and O–H groups in total. The van der Waals surface area contributed by atoms with Gasteiger partial charge in [-0.05, 0) is 60.4 Å². The van der Waals surface area contributed by atoms with E-state index >= 15 is 0 Å². The van der Waals surface area contributed by atoms with E-state index in [0.717, 1.165) is 64.6 Å². The van der Waals surface area contributed by atoms with Gasteiger partial charge in [0.15, 0.2) is 12.1 Å². The molecule has 44 heavy (non-hydrogen) atoms. The van der Waals surface area contributed by atoms with Crippen molar-refractivity contribution in [1.82, 2.24) is 19.8 Å². The summed E-state index contributed by atoms with van der Waals surface area (Å²) in [7, 11) is 1.81. The molecular formula is C34H33ClN6O3. The van der Waals surface area contributed by atoms with Gasteiger partial charge in [-0.2, -0.15) is 0 Å². The summed E-state index contributed by atoms with van der Waals surface area (Å²) in [6.45, 7) is 4.71. The second-order valence-electron chi connectivity index (χ2n) is 11.3. The molecule has 0 aliphatic carbocycles. The van der Waals surface area contributed by atoms with Crippen LogP contribution in [0.25, 0.3) is 22.0 Å². The highest BCUT2D eigenvalue weighted by Gasteiger charge is 2.21. The number of rotatable bonds is 8. The zero-order chi connectivity index (χ0) is 30.8. The van der Waals surface area contributed by atoms with E-state index in [1.54, 1.807) is 29.4 Å². The topological polar surface area (TPSA) is 111 Å². The number of aldehydes is 1. The van der Waals surface area contributed by atoms with Crippen LogP contribution in [0.15, 0.2) is 84.3 Å². The van der Waals surface area contributed by atoms with Crippen LogP contribution < -0.4 is 10.6 Å². The number of nitrogens with one attached hydrogen (secondary N) is 2. The maximum Gasteiger partial charge on any atom is 0.253 e. The summed E-state index contributed by atoms with van der Waals surface area (Å²) in [6, 6.07) is 15.5. The van der Waals surface area contributed by atoms with Crippen molar-refractivity contribution in [2.24, 2.45) is 0 Å². The molecule has 2 aromatic heterocycles. The second-order valence-corrected chi connectivity index (χ2v) is 11.7. The number of aliphatic hydroxyl groups is 1. The Morgan fingerprint density at radius 3 is 2.70 bits per heavy atom. The molecule has 0 saturated carbocycles. The minimum atomic E-state index is -0.314. The summed E-state index contributed by atoms with van der Waals surface area (Å²) >= 11 is 6.88. The van der Waals surface area contributed by atoms with Crippen molar-refractivity contribution in [2.45, 2.75) is 26.0 Å². The maximum atomic E-state index is 13.1. The van der Waals surface area contributed by atoms with E-state index in [9.17, 15) is 14.7 Å². The summed E-state index contributed by atoms with van der Waals surface area (Å²) < 4.78 is 0. The number of halogens is 1. The van der Waals surface area contributed by atoms with Crippen LogP contribution in [-0.2, 0) is 16.1 Å². The first-order chi connectivity index (χ1) is 21.3. The Bertz CT molecular complexity index is 1820. The smallest absolute Gasteiger partial charge is 0.253 e. The Morgan fingerprint density at radius 2 is 1.93 bits per heavy atom. The lowest BCUT2D eigenvalue weighted by Crippen LogP contribution is -2.27. The average molecular weight is 609 g/mol. The number of likely N-dealkylation sites (tertiary alicyclic amines) is 1. The van der Waals surface area contributed by atoms with Crippen molar-refractivity contribution in [1.29, 1.82) is 0 Å². The standard InChI is InChI=1S/C34H33ClN6O3/c1-21-27(28-6-4-8-30(31(28)35)39-34(44)25-14-23(20-42)16-40(2)18-25)5-3-7-29(21)38-33-32-24(9-11-36-33)13-22(15-37-32)17-41-12-10-26(43)19-41/h3-9,11,13-16,20,26,43H,10,12,17-19H2,1-2H3,(H,36,38)(H,39,44)/t26-/m1/s1. The first kappa shape index (κ1) is 29.5. The molecule has 2 aliphatic rings. The fourth-order valence-electron chi connectivity index (χ4n) is 5.78. The molecule has 1 amide bonds. The Morgan fingerprint density at radius 1 is 1.14 bits per heavy atom. The highest BCUT2D eigenvalue weighted by atomic mass is 35.5. The Balaban J connectivity index is 1.24. The fourth-order valence-corrected chi connectivity index (χ4v) is 6.06. The number of carbonyl (C=O) groups excluding carboxylic acids is 2. The van der Waals surface area contributed by atoms with Gasteiger partial charge < -0.3 is 20.6 Å². The monoisotopic (exact) mass is 608 g/mol. The number of allylic oxidation sites excluding steroid dienone is 2. The van der Waals surface area contributed by atoms with Crippen LogP contribution in [0, 0.1) is 6.92 Å². The summed E-state index contributed by atoms with van der Waals surface area (Å²) in [5.41, 5.74) is 6.73. The number of benzene rings is 2. The number of β-amino-alcohol motifs (C(OH)–C–C–N with tert-alkyl or cyclic N) is 1. The zero-order valence-electron chi connectivity index (χ0n) is 24.5. The van der Waals surface area contributed by atoms with Crippen molar-refractivity contribution in [3.05, 3.63) is 100 Å². The van der Waals surface area contributed by atoms with Crippen LogP contribution in [0.5, 0.6) is 0 Å². The lowest BCUT2D eigenvalue weighted by atomic mass is 9.98. The zero-order valence-corrected chi connectivity index (χ0v) is 25.3. The Hall–Kier alpha value is -4.57. The average Bonchev–Trinajstić information content (AvgIpc) is 3.43. The molecule has 9 nitrogen and oxygen atoms in total. The fraction of sp³-hybridized carbons (Fsp3) is 0.235. The molecule has 1 atom stereocenters. The van der Waals surface area contributed by atoms with Crippen LogP contribution in [0.2, 0.25) is 5.02 Å². The lowest BCUT2D eigenvalue weighted by Gasteiger charge is -2.21. The van der Waals surface area contributed by atoms with Crippen molar-refractivity contribution in [3.63, 3.8) is 0 Å². The number of aliphatic hydroxyl groups excluding tert-OH is 1. The number of anilines is 3. The minimum absolute atomic E-state index is 0.254. The van der Waals surface area contributed by atoms with Crippen LogP contribution in [-0.4, -0.2) is 69.9 Å². The third kappa shape index (κ3) is 6.21. The van der Waals surface area contributed by atoms with Gasteiger partial charge in [-0.3, -0.25) is 19.5 Å². The number of fused-ring (bicyclic) bond motifs is 1. The van der Waals surface area contributed by atoms with E-state index in [4.69, 9.17) is 16.6 Å². The van der Waals surface area contributed by atoms with E-state index in [2.05, 4.69) is 26.6 Å². The molecule has 2 aromatic carbocycles. The molecule has 1 saturated heterocycles. The van der Waals surface area contributed by atoms with E-state index in [0.29, 0.717) is 40.8 Å². The third-order valence-corrected chi connectivity index (χ3v) is 8.40. The van der Waals surface area contributed by atoms with E-state index < -0.39 is 0 Å². The Kier molecular flexibility index (Phi) is 8.43. The first-order valence-electron chi connectivity index (χ1n) is 14.5. The number of hydrogen-bond donors (Lipinski definition) is 3. The molecule has 0 bridgehead atoms. The molecule has 0 radical (unpaired) electrons. The number of nitrogens with zero attached hydrogens (tertiary/aromatic N) is 4. The summed E-state index contributed by atoms with van der Waals surface area (Å²) in [5.74, 6) is 0.332. The highest BCUT2D eigenvalue weighted by molar-refractivity contribution is 6.36. The number of likely N-dealkylation sites (N-methyl/N-ethyl adjacent to an activating group) is 1.